The zero-order chi connectivity index (χ0) is 13.9. The zero-order valence-electron chi connectivity index (χ0n) is 10.4. The Hall–Kier alpha value is -1.38. The summed E-state index contributed by atoms with van der Waals surface area (Å²) in [7, 11) is -2.14. The summed E-state index contributed by atoms with van der Waals surface area (Å²) in [4.78, 5) is 10.6. The first kappa shape index (κ1) is 14.7. The molecule has 0 saturated carbocycles. The monoisotopic (exact) mass is 276 g/mol. The Labute approximate surface area is 106 Å². The van der Waals surface area contributed by atoms with Gasteiger partial charge in [-0.15, -0.1) is 0 Å². The van der Waals surface area contributed by atoms with Crippen molar-refractivity contribution in [2.75, 3.05) is 7.05 Å². The summed E-state index contributed by atoms with van der Waals surface area (Å²) in [5, 5.41) is 8.65. The average molecular weight is 276 g/mol. The minimum atomic E-state index is -3.59. The molecule has 0 aromatic carbocycles. The average Bonchev–Trinajstić information content (AvgIpc) is 2.74. The Bertz CT molecular complexity index is 520. The number of aromatic carboxylic acids is 1. The van der Waals surface area contributed by atoms with Crippen LogP contribution in [0, 0.1) is 0 Å². The van der Waals surface area contributed by atoms with E-state index in [1.165, 1.54) is 23.5 Å². The lowest BCUT2D eigenvalue weighted by Crippen LogP contribution is -2.41. The van der Waals surface area contributed by atoms with Crippen LogP contribution < -0.4 is 4.72 Å². The lowest BCUT2D eigenvalue weighted by atomic mass is 10.4. The van der Waals surface area contributed by atoms with Crippen LogP contribution in [0.2, 0.25) is 0 Å². The molecule has 0 bridgehead atoms. The van der Waals surface area contributed by atoms with E-state index in [1.54, 1.807) is 13.8 Å². The normalized spacial score (nSPS) is 12.3. The van der Waals surface area contributed by atoms with Crippen LogP contribution in [0.1, 0.15) is 30.2 Å². The molecule has 0 spiro atoms. The number of carbonyl (C=O) groups is 1. The smallest absolute Gasteiger partial charge is 0.371 e. The lowest BCUT2D eigenvalue weighted by Gasteiger charge is -2.20. The van der Waals surface area contributed by atoms with Gasteiger partial charge in [-0.3, -0.25) is 0 Å². The fourth-order valence-electron chi connectivity index (χ4n) is 1.13. The topological polar surface area (TPSA) is 99.9 Å². The minimum absolute atomic E-state index is 0.0906. The van der Waals surface area contributed by atoms with Crippen LogP contribution in [0.15, 0.2) is 16.5 Å². The van der Waals surface area contributed by atoms with E-state index in [-0.39, 0.29) is 24.1 Å². The molecular formula is C10H16N2O5S. The van der Waals surface area contributed by atoms with Crippen molar-refractivity contribution in [2.45, 2.75) is 26.4 Å². The molecule has 8 heteroatoms. The number of furan rings is 1. The summed E-state index contributed by atoms with van der Waals surface area (Å²) in [6.45, 7) is 3.40. The van der Waals surface area contributed by atoms with Crippen molar-refractivity contribution in [1.82, 2.24) is 9.03 Å². The van der Waals surface area contributed by atoms with Crippen LogP contribution in [0.4, 0.5) is 0 Å². The number of hydrogen-bond donors (Lipinski definition) is 2. The Balaban J connectivity index is 2.67. The predicted molar refractivity (Wildman–Crippen MR) is 64.3 cm³/mol. The Morgan fingerprint density at radius 3 is 2.56 bits per heavy atom. The standard InChI is InChI=1S/C10H16N2O5S/c1-7(2)12(3)18(15,16)11-6-8-4-5-9(17-8)10(13)14/h4-5,7,11H,6H2,1-3H3,(H,13,14). The SMILES string of the molecule is CC(C)N(C)S(=O)(=O)NCc1ccc(C(=O)O)o1. The molecule has 102 valence electrons. The molecule has 0 unspecified atom stereocenters. The summed E-state index contributed by atoms with van der Waals surface area (Å²) in [6, 6.07) is 2.52. The molecule has 0 amide bonds. The first-order valence-electron chi connectivity index (χ1n) is 5.28. The summed E-state index contributed by atoms with van der Waals surface area (Å²) in [6.07, 6.45) is 0. The fraction of sp³-hybridized carbons (Fsp3) is 0.500. The fourth-order valence-corrected chi connectivity index (χ4v) is 2.21. The van der Waals surface area contributed by atoms with Crippen LogP contribution in [0.5, 0.6) is 0 Å². The molecule has 0 aliphatic heterocycles. The molecule has 0 aliphatic rings. The molecule has 1 aromatic heterocycles. The highest BCUT2D eigenvalue weighted by atomic mass is 32.2. The van der Waals surface area contributed by atoms with E-state index < -0.39 is 16.2 Å². The molecule has 0 fully saturated rings. The van der Waals surface area contributed by atoms with E-state index >= 15 is 0 Å². The van der Waals surface area contributed by atoms with Crippen molar-refractivity contribution in [2.24, 2.45) is 0 Å². The highest BCUT2D eigenvalue weighted by Crippen LogP contribution is 2.09. The van der Waals surface area contributed by atoms with E-state index in [1.807, 2.05) is 0 Å². The van der Waals surface area contributed by atoms with Crippen molar-refractivity contribution in [3.63, 3.8) is 0 Å². The quantitative estimate of drug-likeness (QED) is 0.794. The van der Waals surface area contributed by atoms with Gasteiger partial charge in [-0.2, -0.15) is 17.4 Å². The maximum absolute atomic E-state index is 11.7. The zero-order valence-corrected chi connectivity index (χ0v) is 11.2. The van der Waals surface area contributed by atoms with Gasteiger partial charge in [-0.1, -0.05) is 0 Å². The second-order valence-corrected chi connectivity index (χ2v) is 5.82. The Morgan fingerprint density at radius 1 is 1.50 bits per heavy atom. The molecule has 7 nitrogen and oxygen atoms in total. The summed E-state index contributed by atoms with van der Waals surface area (Å²) in [5.74, 6) is -1.17. The summed E-state index contributed by atoms with van der Waals surface area (Å²) in [5.41, 5.74) is 0. The lowest BCUT2D eigenvalue weighted by molar-refractivity contribution is 0.0660. The van der Waals surface area contributed by atoms with Gasteiger partial charge in [-0.25, -0.2) is 4.79 Å². The number of carboxylic acid groups (broad SMARTS) is 1. The van der Waals surface area contributed by atoms with E-state index in [0.717, 1.165) is 0 Å². The number of nitrogens with zero attached hydrogens (tertiary/aromatic N) is 1. The van der Waals surface area contributed by atoms with Crippen LogP contribution >= 0.6 is 0 Å². The van der Waals surface area contributed by atoms with Crippen LogP contribution in [-0.2, 0) is 16.8 Å². The van der Waals surface area contributed by atoms with Crippen molar-refractivity contribution >= 4 is 16.2 Å². The van der Waals surface area contributed by atoms with Crippen molar-refractivity contribution in [3.8, 4) is 0 Å². The molecular weight excluding hydrogens is 260 g/mol. The van der Waals surface area contributed by atoms with Gasteiger partial charge in [0.15, 0.2) is 0 Å². The van der Waals surface area contributed by atoms with Crippen LogP contribution in [0.3, 0.4) is 0 Å². The molecule has 1 rings (SSSR count). The minimum Gasteiger partial charge on any atom is -0.475 e. The number of nitrogens with one attached hydrogen (secondary N) is 1. The number of carboxylic acids is 1. The predicted octanol–water partition coefficient (Wildman–Crippen LogP) is 0.652. The molecule has 1 heterocycles. The molecule has 0 saturated heterocycles. The maximum Gasteiger partial charge on any atom is 0.371 e. The molecule has 2 N–H and O–H groups in total. The maximum atomic E-state index is 11.7. The van der Waals surface area contributed by atoms with Crippen molar-refractivity contribution in [1.29, 1.82) is 0 Å². The second-order valence-electron chi connectivity index (χ2n) is 4.01. The van der Waals surface area contributed by atoms with E-state index in [9.17, 15) is 13.2 Å². The Morgan fingerprint density at radius 2 is 2.11 bits per heavy atom. The largest absolute Gasteiger partial charge is 0.475 e. The van der Waals surface area contributed by atoms with Crippen LogP contribution in [-0.4, -0.2) is 36.9 Å². The van der Waals surface area contributed by atoms with Gasteiger partial charge >= 0.3 is 5.97 Å². The van der Waals surface area contributed by atoms with Gasteiger partial charge in [0.1, 0.15) is 5.76 Å². The molecule has 0 aliphatic carbocycles. The first-order chi connectivity index (χ1) is 8.24. The van der Waals surface area contributed by atoms with Gasteiger partial charge in [0.25, 0.3) is 10.2 Å². The molecule has 18 heavy (non-hydrogen) atoms. The highest BCUT2D eigenvalue weighted by molar-refractivity contribution is 7.87. The molecule has 0 atom stereocenters. The molecule has 1 aromatic rings. The third kappa shape index (κ3) is 3.56. The first-order valence-corrected chi connectivity index (χ1v) is 6.72. The van der Waals surface area contributed by atoms with Gasteiger partial charge in [0, 0.05) is 13.1 Å². The van der Waals surface area contributed by atoms with Crippen molar-refractivity contribution in [3.05, 3.63) is 23.7 Å². The number of rotatable bonds is 6. The van der Waals surface area contributed by atoms with Gasteiger partial charge in [-0.05, 0) is 26.0 Å². The highest BCUT2D eigenvalue weighted by Gasteiger charge is 2.20. The van der Waals surface area contributed by atoms with Crippen molar-refractivity contribution < 1.29 is 22.7 Å². The second kappa shape index (κ2) is 5.51. The van der Waals surface area contributed by atoms with E-state index in [4.69, 9.17) is 9.52 Å². The number of hydrogen-bond acceptors (Lipinski definition) is 4. The van der Waals surface area contributed by atoms with E-state index in [0.29, 0.717) is 0 Å². The van der Waals surface area contributed by atoms with Crippen LogP contribution in [0.25, 0.3) is 0 Å². The molecule has 0 radical (unpaired) electrons. The summed E-state index contributed by atoms with van der Waals surface area (Å²) >= 11 is 0. The van der Waals surface area contributed by atoms with Gasteiger partial charge < -0.3 is 9.52 Å². The third-order valence-corrected chi connectivity index (χ3v) is 4.10. The van der Waals surface area contributed by atoms with Gasteiger partial charge in [0.2, 0.25) is 5.76 Å². The van der Waals surface area contributed by atoms with E-state index in [2.05, 4.69) is 4.72 Å². The summed E-state index contributed by atoms with van der Waals surface area (Å²) < 4.78 is 31.9. The van der Waals surface area contributed by atoms with Gasteiger partial charge in [0.05, 0.1) is 6.54 Å². The Kier molecular flexibility index (Phi) is 4.49. The third-order valence-electron chi connectivity index (χ3n) is 2.41.